The van der Waals surface area contributed by atoms with E-state index in [1.165, 1.54) is 18.2 Å². The average molecular weight is 400 g/mol. The lowest BCUT2D eigenvalue weighted by Gasteiger charge is -2.29. The summed E-state index contributed by atoms with van der Waals surface area (Å²) >= 11 is 0. The number of nitrogens with zero attached hydrogens (tertiary/aromatic N) is 2. The third kappa shape index (κ3) is 4.54. The van der Waals surface area contributed by atoms with Crippen molar-refractivity contribution >= 4 is 12.0 Å². The molecule has 3 N–H and O–H groups in total. The van der Waals surface area contributed by atoms with Gasteiger partial charge >= 0.3 is 6.09 Å². The molecule has 1 saturated carbocycles. The maximum absolute atomic E-state index is 14.4. The number of nitrogens with one attached hydrogen (secondary N) is 2. The molecule has 3 rings (SSSR count). The van der Waals surface area contributed by atoms with Crippen LogP contribution in [0.1, 0.15) is 47.4 Å². The van der Waals surface area contributed by atoms with Gasteiger partial charge in [0.05, 0.1) is 17.2 Å². The van der Waals surface area contributed by atoms with Crippen molar-refractivity contribution in [2.24, 2.45) is 5.92 Å². The number of amides is 2. The second-order valence-electron chi connectivity index (χ2n) is 7.13. The Balaban J connectivity index is 1.80. The second kappa shape index (κ2) is 8.73. The summed E-state index contributed by atoms with van der Waals surface area (Å²) in [5.41, 5.74) is 0.0842. The van der Waals surface area contributed by atoms with Crippen molar-refractivity contribution in [3.63, 3.8) is 0 Å². The normalized spacial score (nSPS) is 18.7. The molecule has 0 saturated heterocycles. The zero-order valence-corrected chi connectivity index (χ0v) is 15.9. The van der Waals surface area contributed by atoms with E-state index in [1.54, 1.807) is 6.92 Å². The van der Waals surface area contributed by atoms with Gasteiger partial charge in [-0.1, -0.05) is 17.6 Å². The van der Waals surface area contributed by atoms with Crippen LogP contribution in [0.25, 0.3) is 11.3 Å². The molecule has 2 amide bonds. The lowest BCUT2D eigenvalue weighted by Crippen LogP contribution is -2.41. The van der Waals surface area contributed by atoms with E-state index in [4.69, 9.17) is 9.63 Å². The van der Waals surface area contributed by atoms with Crippen LogP contribution in [-0.2, 0) is 0 Å². The Labute approximate surface area is 166 Å². The molecule has 2 unspecified atom stereocenters. The Kier molecular flexibility index (Phi) is 6.12. The monoisotopic (exact) mass is 400 g/mol. The summed E-state index contributed by atoms with van der Waals surface area (Å²) in [6.07, 6.45) is 2.06. The van der Waals surface area contributed by atoms with Crippen LogP contribution in [0.4, 0.5) is 9.18 Å². The first kappa shape index (κ1) is 20.3. The molecule has 9 heteroatoms. The summed E-state index contributed by atoms with van der Waals surface area (Å²) in [6, 6.07) is 5.83. The molecule has 1 aromatic carbocycles. The highest BCUT2D eigenvalue weighted by Gasteiger charge is 2.29. The van der Waals surface area contributed by atoms with Crippen LogP contribution >= 0.6 is 0 Å². The smallest absolute Gasteiger partial charge is 0.404 e. The van der Waals surface area contributed by atoms with E-state index in [1.807, 2.05) is 6.07 Å². The van der Waals surface area contributed by atoms with Gasteiger partial charge in [-0.25, -0.2) is 9.18 Å². The summed E-state index contributed by atoms with van der Waals surface area (Å²) in [5.74, 6) is -0.763. The Morgan fingerprint density at radius 1 is 1.41 bits per heavy atom. The van der Waals surface area contributed by atoms with E-state index < -0.39 is 17.8 Å². The quantitative estimate of drug-likeness (QED) is 0.707. The van der Waals surface area contributed by atoms with Crippen molar-refractivity contribution in [1.29, 1.82) is 5.26 Å². The Morgan fingerprint density at radius 3 is 2.93 bits per heavy atom. The number of rotatable bonds is 5. The zero-order chi connectivity index (χ0) is 21.0. The molecule has 1 aliphatic rings. The fourth-order valence-corrected chi connectivity index (χ4v) is 3.76. The lowest BCUT2D eigenvalue weighted by molar-refractivity contribution is 0.0917. The number of aryl methyl sites for hydroxylation is 1. The van der Waals surface area contributed by atoms with Crippen molar-refractivity contribution in [2.45, 2.75) is 38.6 Å². The molecule has 1 heterocycles. The molecule has 8 nitrogen and oxygen atoms in total. The minimum atomic E-state index is -1.07. The second-order valence-corrected chi connectivity index (χ2v) is 7.13. The summed E-state index contributed by atoms with van der Waals surface area (Å²) in [4.78, 5) is 23.6. The first-order chi connectivity index (χ1) is 13.9. The van der Waals surface area contributed by atoms with Crippen LogP contribution in [0.2, 0.25) is 0 Å². The van der Waals surface area contributed by atoms with E-state index in [0.717, 1.165) is 19.3 Å². The molecular weight excluding hydrogens is 379 g/mol. The molecule has 0 radical (unpaired) electrons. The number of benzene rings is 1. The zero-order valence-electron chi connectivity index (χ0n) is 15.9. The molecule has 1 aromatic heterocycles. The topological polar surface area (TPSA) is 128 Å². The highest BCUT2D eigenvalue weighted by atomic mass is 19.1. The van der Waals surface area contributed by atoms with Gasteiger partial charge in [-0.05, 0) is 44.2 Å². The van der Waals surface area contributed by atoms with Crippen molar-refractivity contribution in [3.05, 3.63) is 40.9 Å². The fraction of sp³-hybridized carbons (Fsp3) is 0.400. The van der Waals surface area contributed by atoms with E-state index in [-0.39, 0.29) is 40.1 Å². The minimum absolute atomic E-state index is 0.00504. The third-order valence-electron chi connectivity index (χ3n) is 5.12. The average Bonchev–Trinajstić information content (AvgIpc) is 3.07. The fourth-order valence-electron chi connectivity index (χ4n) is 3.76. The molecule has 152 valence electrons. The Morgan fingerprint density at radius 2 is 2.21 bits per heavy atom. The predicted octanol–water partition coefficient (Wildman–Crippen LogP) is 3.22. The van der Waals surface area contributed by atoms with Gasteiger partial charge in [-0.3, -0.25) is 4.79 Å². The van der Waals surface area contributed by atoms with Gasteiger partial charge in [0.2, 0.25) is 0 Å². The van der Waals surface area contributed by atoms with Gasteiger partial charge in [-0.15, -0.1) is 0 Å². The van der Waals surface area contributed by atoms with Gasteiger partial charge in [0.25, 0.3) is 5.91 Å². The number of nitriles is 1. The number of carboxylic acid groups (broad SMARTS) is 1. The summed E-state index contributed by atoms with van der Waals surface area (Å²) in [5, 5.41) is 27.2. The molecule has 2 atom stereocenters. The largest absolute Gasteiger partial charge is 0.465 e. The molecule has 1 aliphatic carbocycles. The highest BCUT2D eigenvalue weighted by molar-refractivity contribution is 6.01. The molecule has 2 aromatic rings. The maximum atomic E-state index is 14.4. The van der Waals surface area contributed by atoms with Gasteiger partial charge in [0.15, 0.2) is 0 Å². The Bertz CT molecular complexity index is 966. The van der Waals surface area contributed by atoms with Gasteiger partial charge in [0, 0.05) is 12.6 Å². The number of carbonyl (C=O) groups excluding carboxylic acids is 1. The third-order valence-corrected chi connectivity index (χ3v) is 5.12. The minimum Gasteiger partial charge on any atom is -0.465 e. The number of hydrogen-bond acceptors (Lipinski definition) is 5. The SMILES string of the molecule is Cc1onc(-c2c(F)cccc2C#N)c1C(=O)NC1CCCC(CNC(=O)O)C1. The van der Waals surface area contributed by atoms with Crippen molar-refractivity contribution < 1.29 is 23.6 Å². The van der Waals surface area contributed by atoms with Gasteiger partial charge < -0.3 is 20.3 Å². The van der Waals surface area contributed by atoms with Crippen molar-refractivity contribution in [2.75, 3.05) is 6.54 Å². The van der Waals surface area contributed by atoms with E-state index in [2.05, 4.69) is 15.8 Å². The van der Waals surface area contributed by atoms with E-state index >= 15 is 0 Å². The number of aromatic nitrogens is 1. The van der Waals surface area contributed by atoms with Crippen LogP contribution in [-0.4, -0.2) is 34.9 Å². The van der Waals surface area contributed by atoms with Crippen LogP contribution in [0.3, 0.4) is 0 Å². The maximum Gasteiger partial charge on any atom is 0.404 e. The van der Waals surface area contributed by atoms with Crippen LogP contribution < -0.4 is 10.6 Å². The molecule has 29 heavy (non-hydrogen) atoms. The predicted molar refractivity (Wildman–Crippen MR) is 101 cm³/mol. The van der Waals surface area contributed by atoms with Crippen LogP contribution in [0.5, 0.6) is 0 Å². The summed E-state index contributed by atoms with van der Waals surface area (Å²) < 4.78 is 19.6. The van der Waals surface area contributed by atoms with Gasteiger partial charge in [0.1, 0.15) is 22.8 Å². The van der Waals surface area contributed by atoms with Crippen molar-refractivity contribution in [3.8, 4) is 17.3 Å². The summed E-state index contributed by atoms with van der Waals surface area (Å²) in [7, 11) is 0. The molecule has 0 spiro atoms. The number of carbonyl (C=O) groups is 2. The van der Waals surface area contributed by atoms with Crippen LogP contribution in [0, 0.1) is 30.0 Å². The molecule has 0 aliphatic heterocycles. The first-order valence-corrected chi connectivity index (χ1v) is 9.33. The Hall–Kier alpha value is -3.41. The molecule has 1 fully saturated rings. The van der Waals surface area contributed by atoms with E-state index in [0.29, 0.717) is 13.0 Å². The first-order valence-electron chi connectivity index (χ1n) is 9.33. The molecular formula is C20H21FN4O4. The number of halogens is 1. The summed E-state index contributed by atoms with van der Waals surface area (Å²) in [6.45, 7) is 1.89. The van der Waals surface area contributed by atoms with Crippen LogP contribution in [0.15, 0.2) is 22.7 Å². The van der Waals surface area contributed by atoms with E-state index in [9.17, 15) is 19.2 Å². The molecule has 0 bridgehead atoms. The standard InChI is InChI=1S/C20H21FN4O4/c1-11-16(18(25-29-11)17-13(9-22)5-3-7-15(17)21)19(26)24-14-6-2-4-12(8-14)10-23-20(27)28/h3,5,7,12,14,23H,2,4,6,8,10H2,1H3,(H,24,26)(H,27,28). The number of hydrogen-bond donors (Lipinski definition) is 3. The lowest BCUT2D eigenvalue weighted by atomic mass is 9.85. The highest BCUT2D eigenvalue weighted by Crippen LogP contribution is 2.31. The van der Waals surface area contributed by atoms with Crippen molar-refractivity contribution in [1.82, 2.24) is 15.8 Å². The van der Waals surface area contributed by atoms with Gasteiger partial charge in [-0.2, -0.15) is 5.26 Å².